The number of amides is 1. The molecule has 0 radical (unpaired) electrons. The summed E-state index contributed by atoms with van der Waals surface area (Å²) in [6.45, 7) is 2.54. The summed E-state index contributed by atoms with van der Waals surface area (Å²) in [5, 5.41) is 7.69. The van der Waals surface area contributed by atoms with E-state index in [1.807, 2.05) is 0 Å². The van der Waals surface area contributed by atoms with E-state index in [1.165, 1.54) is 95.0 Å². The smallest absolute Gasteiger partial charge is 0.232 e. The number of hydrogen-bond acceptors (Lipinski definition) is 3. The van der Waals surface area contributed by atoms with Gasteiger partial charge in [-0.25, -0.2) is 0 Å². The predicted molar refractivity (Wildman–Crippen MR) is 115 cm³/mol. The molecule has 1 aliphatic heterocycles. The van der Waals surface area contributed by atoms with Gasteiger partial charge in [-0.1, -0.05) is 44.9 Å². The van der Waals surface area contributed by atoms with E-state index in [4.69, 9.17) is 11.1 Å². The monoisotopic (exact) mass is 390 g/mol. The van der Waals surface area contributed by atoms with Crippen molar-refractivity contribution < 1.29 is 4.79 Å². The zero-order valence-corrected chi connectivity index (χ0v) is 18.0. The first kappa shape index (κ1) is 21.6. The molecule has 2 aliphatic carbocycles. The van der Waals surface area contributed by atoms with Crippen LogP contribution < -0.4 is 5.73 Å². The highest BCUT2D eigenvalue weighted by molar-refractivity contribution is 5.95. The molecule has 3 rings (SSSR count). The molecule has 2 saturated carbocycles. The van der Waals surface area contributed by atoms with Gasteiger partial charge in [0.05, 0.1) is 0 Å². The first-order valence-corrected chi connectivity index (χ1v) is 11.9. The van der Waals surface area contributed by atoms with Crippen molar-refractivity contribution in [1.29, 1.82) is 5.41 Å². The Labute approximate surface area is 171 Å². The molecule has 1 heterocycles. The maximum absolute atomic E-state index is 13.1. The third kappa shape index (κ3) is 5.95. The largest absolute Gasteiger partial charge is 0.370 e. The molecule has 3 fully saturated rings. The molecule has 5 nitrogen and oxygen atoms in total. The Balaban J connectivity index is 1.58. The van der Waals surface area contributed by atoms with Gasteiger partial charge in [-0.2, -0.15) is 0 Å². The molecule has 0 unspecified atom stereocenters. The number of carbonyl (C=O) groups excluding carboxylic acids is 1. The van der Waals surface area contributed by atoms with Crippen LogP contribution >= 0.6 is 0 Å². The van der Waals surface area contributed by atoms with Gasteiger partial charge >= 0.3 is 0 Å². The van der Waals surface area contributed by atoms with E-state index < -0.39 is 0 Å². The Hall–Kier alpha value is -1.10. The van der Waals surface area contributed by atoms with Gasteiger partial charge in [-0.15, -0.1) is 0 Å². The number of rotatable bonds is 7. The van der Waals surface area contributed by atoms with E-state index >= 15 is 0 Å². The van der Waals surface area contributed by atoms with Crippen molar-refractivity contribution in [2.75, 3.05) is 20.1 Å². The fourth-order valence-electron chi connectivity index (χ4n) is 5.96. The van der Waals surface area contributed by atoms with Crippen LogP contribution in [-0.2, 0) is 4.79 Å². The summed E-state index contributed by atoms with van der Waals surface area (Å²) in [5.74, 6) is 1.45. The second-order valence-corrected chi connectivity index (χ2v) is 9.73. The van der Waals surface area contributed by atoms with E-state index in [2.05, 4.69) is 4.90 Å². The number of hydrogen-bond donors (Lipinski definition) is 2. The minimum absolute atomic E-state index is 0.0400. The zero-order valence-electron chi connectivity index (χ0n) is 18.0. The standard InChI is InChI=1S/C23H42N4O/c1-26(23(24)25)22(28)20(13-12-18-8-3-2-4-9-18)16-19-10-7-11-21(17-19)27-14-5-6-15-27/h18-21H,2-17H2,1H3,(H3,24,25)/t19-,20+,21+/m1/s1. The van der Waals surface area contributed by atoms with Gasteiger partial charge in [0.1, 0.15) is 0 Å². The molecular formula is C23H42N4O. The maximum Gasteiger partial charge on any atom is 0.232 e. The summed E-state index contributed by atoms with van der Waals surface area (Å²) in [6.07, 6.45) is 17.8. The first-order chi connectivity index (χ1) is 13.5. The Morgan fingerprint density at radius 1 is 1.04 bits per heavy atom. The number of nitrogens with one attached hydrogen (secondary N) is 1. The highest BCUT2D eigenvalue weighted by Gasteiger charge is 2.32. The molecule has 28 heavy (non-hydrogen) atoms. The van der Waals surface area contributed by atoms with Gasteiger partial charge in [0.25, 0.3) is 0 Å². The average Bonchev–Trinajstić information content (AvgIpc) is 3.26. The quantitative estimate of drug-likeness (QED) is 0.501. The van der Waals surface area contributed by atoms with E-state index in [9.17, 15) is 4.79 Å². The van der Waals surface area contributed by atoms with Crippen molar-refractivity contribution in [3.05, 3.63) is 0 Å². The van der Waals surface area contributed by atoms with Crippen LogP contribution in [0.3, 0.4) is 0 Å². The molecule has 3 N–H and O–H groups in total. The van der Waals surface area contributed by atoms with Crippen LogP contribution in [0.25, 0.3) is 0 Å². The van der Waals surface area contributed by atoms with Crippen molar-refractivity contribution in [2.45, 2.75) is 95.9 Å². The lowest BCUT2D eigenvalue weighted by molar-refractivity contribution is -0.131. The van der Waals surface area contributed by atoms with E-state index in [1.54, 1.807) is 7.05 Å². The second-order valence-electron chi connectivity index (χ2n) is 9.73. The van der Waals surface area contributed by atoms with Gasteiger partial charge in [-0.05, 0) is 69.9 Å². The van der Waals surface area contributed by atoms with Gasteiger partial charge in [0.2, 0.25) is 5.91 Å². The topological polar surface area (TPSA) is 73.4 Å². The minimum atomic E-state index is -0.119. The van der Waals surface area contributed by atoms with Gasteiger partial charge < -0.3 is 10.6 Å². The van der Waals surface area contributed by atoms with Crippen molar-refractivity contribution >= 4 is 11.9 Å². The van der Waals surface area contributed by atoms with Crippen molar-refractivity contribution in [3.8, 4) is 0 Å². The number of nitrogens with zero attached hydrogens (tertiary/aromatic N) is 2. The lowest BCUT2D eigenvalue weighted by atomic mass is 9.77. The average molecular weight is 391 g/mol. The highest BCUT2D eigenvalue weighted by Crippen LogP contribution is 2.36. The Bertz CT molecular complexity index is 511. The van der Waals surface area contributed by atoms with Gasteiger partial charge in [0, 0.05) is 19.0 Å². The summed E-state index contributed by atoms with van der Waals surface area (Å²) in [4.78, 5) is 17.1. The number of likely N-dealkylation sites (tertiary alicyclic amines) is 1. The number of carbonyl (C=O) groups is 1. The molecule has 0 aromatic heterocycles. The Morgan fingerprint density at radius 3 is 2.39 bits per heavy atom. The van der Waals surface area contributed by atoms with Gasteiger partial charge in [-0.3, -0.25) is 15.1 Å². The van der Waals surface area contributed by atoms with Crippen LogP contribution in [0.5, 0.6) is 0 Å². The second kappa shape index (κ2) is 10.6. The highest BCUT2D eigenvalue weighted by atomic mass is 16.2. The van der Waals surface area contributed by atoms with Crippen LogP contribution in [0.4, 0.5) is 0 Å². The SMILES string of the molecule is CN(C(=N)N)C(=O)[C@@H](CCC1CCCCC1)C[C@H]1CCC[C@H](N2CCCC2)C1. The van der Waals surface area contributed by atoms with E-state index in [0.717, 1.165) is 24.8 Å². The number of nitrogens with two attached hydrogens (primary N) is 1. The molecule has 0 bridgehead atoms. The molecule has 0 spiro atoms. The van der Waals surface area contributed by atoms with E-state index in [-0.39, 0.29) is 17.8 Å². The summed E-state index contributed by atoms with van der Waals surface area (Å²) in [5.41, 5.74) is 5.63. The summed E-state index contributed by atoms with van der Waals surface area (Å²) in [6, 6.07) is 0.737. The van der Waals surface area contributed by atoms with Crippen molar-refractivity contribution in [2.24, 2.45) is 23.5 Å². The summed E-state index contributed by atoms with van der Waals surface area (Å²) >= 11 is 0. The van der Waals surface area contributed by atoms with Gasteiger partial charge in [0.15, 0.2) is 5.96 Å². The third-order valence-corrected chi connectivity index (χ3v) is 7.72. The molecule has 0 aromatic rings. The van der Waals surface area contributed by atoms with E-state index in [0.29, 0.717) is 5.92 Å². The van der Waals surface area contributed by atoms with Crippen molar-refractivity contribution in [3.63, 3.8) is 0 Å². The molecule has 160 valence electrons. The fourth-order valence-corrected chi connectivity index (χ4v) is 5.96. The molecule has 5 heteroatoms. The van der Waals surface area contributed by atoms with Crippen molar-refractivity contribution in [1.82, 2.24) is 9.80 Å². The first-order valence-electron chi connectivity index (χ1n) is 11.9. The molecule has 1 amide bonds. The van der Waals surface area contributed by atoms with Crippen LogP contribution in [-0.4, -0.2) is 47.8 Å². The van der Waals surface area contributed by atoms with Crippen LogP contribution in [0.15, 0.2) is 0 Å². The minimum Gasteiger partial charge on any atom is -0.370 e. The number of guanidine groups is 1. The lowest BCUT2D eigenvalue weighted by Crippen LogP contribution is -2.43. The molecule has 3 atom stereocenters. The van der Waals surface area contributed by atoms with Crippen LogP contribution in [0, 0.1) is 23.2 Å². The Kier molecular flexibility index (Phi) is 8.19. The predicted octanol–water partition coefficient (Wildman–Crippen LogP) is 4.36. The lowest BCUT2D eigenvalue weighted by Gasteiger charge is -2.37. The maximum atomic E-state index is 13.1. The molecule has 1 saturated heterocycles. The third-order valence-electron chi connectivity index (χ3n) is 7.72. The molecule has 0 aromatic carbocycles. The zero-order chi connectivity index (χ0) is 19.9. The van der Waals surface area contributed by atoms with Crippen LogP contribution in [0.1, 0.15) is 89.9 Å². The Morgan fingerprint density at radius 2 is 1.71 bits per heavy atom. The summed E-state index contributed by atoms with van der Waals surface area (Å²) < 4.78 is 0. The summed E-state index contributed by atoms with van der Waals surface area (Å²) in [7, 11) is 1.67. The van der Waals surface area contributed by atoms with Crippen LogP contribution in [0.2, 0.25) is 0 Å². The molecular weight excluding hydrogens is 348 g/mol. The normalized spacial score (nSPS) is 28.2. The fraction of sp³-hybridized carbons (Fsp3) is 0.913. The molecule has 3 aliphatic rings.